The number of rotatable bonds is 6. The number of aromatic hydroxyl groups is 5. The molecule has 0 saturated heterocycles. The summed E-state index contributed by atoms with van der Waals surface area (Å²) in [7, 11) is 0. The highest BCUT2D eigenvalue weighted by atomic mass is 16.5. The molecular weight excluding hydrogens is 488 g/mol. The Morgan fingerprint density at radius 2 is 1.29 bits per heavy atom. The zero-order chi connectivity index (χ0) is 27.0. The third-order valence-electron chi connectivity index (χ3n) is 6.36. The highest BCUT2D eigenvalue weighted by Gasteiger charge is 2.42. The van der Waals surface area contributed by atoms with Crippen molar-refractivity contribution in [2.75, 3.05) is 0 Å². The van der Waals surface area contributed by atoms with Crippen molar-refractivity contribution in [2.24, 2.45) is 0 Å². The van der Waals surface area contributed by atoms with Crippen LogP contribution in [0.3, 0.4) is 0 Å². The van der Waals surface area contributed by atoms with Crippen LogP contribution in [0.2, 0.25) is 0 Å². The van der Waals surface area contributed by atoms with Crippen LogP contribution in [0.25, 0.3) is 6.08 Å². The number of benzene rings is 4. The molecule has 8 nitrogen and oxygen atoms in total. The Morgan fingerprint density at radius 3 is 1.95 bits per heavy atom. The maximum atomic E-state index is 13.7. The molecule has 1 heterocycles. The zero-order valence-corrected chi connectivity index (χ0v) is 19.8. The lowest BCUT2D eigenvalue weighted by Crippen LogP contribution is -2.19. The van der Waals surface area contributed by atoms with E-state index in [-0.39, 0.29) is 39.9 Å². The number of allylic oxidation sites excluding steroid dienone is 1. The van der Waals surface area contributed by atoms with Crippen molar-refractivity contribution in [3.63, 3.8) is 0 Å². The van der Waals surface area contributed by atoms with Crippen LogP contribution in [-0.4, -0.2) is 37.1 Å². The second kappa shape index (κ2) is 9.67. The van der Waals surface area contributed by atoms with Gasteiger partial charge in [-0.15, -0.1) is 0 Å². The molecule has 0 radical (unpaired) electrons. The third kappa shape index (κ3) is 4.62. The lowest BCUT2D eigenvalue weighted by molar-refractivity contribution is 0.0892. The van der Waals surface area contributed by atoms with E-state index in [2.05, 4.69) is 0 Å². The summed E-state index contributed by atoms with van der Waals surface area (Å²) in [5.74, 6) is -2.73. The maximum absolute atomic E-state index is 13.7. The molecule has 0 spiro atoms. The molecule has 38 heavy (non-hydrogen) atoms. The van der Waals surface area contributed by atoms with Crippen molar-refractivity contribution in [1.82, 2.24) is 0 Å². The van der Waals surface area contributed by atoms with Crippen molar-refractivity contribution in [3.05, 3.63) is 113 Å². The summed E-state index contributed by atoms with van der Waals surface area (Å²) in [6, 6.07) is 18.6. The fraction of sp³-hybridized carbons (Fsp3) is 0.0667. The van der Waals surface area contributed by atoms with E-state index >= 15 is 0 Å². The first-order valence-corrected chi connectivity index (χ1v) is 11.6. The number of phenols is 5. The van der Waals surface area contributed by atoms with E-state index in [0.717, 1.165) is 6.07 Å². The van der Waals surface area contributed by atoms with Crippen molar-refractivity contribution < 1.29 is 39.9 Å². The van der Waals surface area contributed by atoms with Crippen LogP contribution in [0.4, 0.5) is 0 Å². The van der Waals surface area contributed by atoms with Crippen LogP contribution in [0.1, 0.15) is 49.4 Å². The van der Waals surface area contributed by atoms with E-state index in [1.807, 2.05) is 0 Å². The largest absolute Gasteiger partial charge is 0.508 e. The molecule has 0 saturated carbocycles. The van der Waals surface area contributed by atoms with Crippen molar-refractivity contribution in [2.45, 2.75) is 12.0 Å². The molecule has 8 heteroatoms. The molecule has 5 rings (SSSR count). The topological polar surface area (TPSA) is 145 Å². The predicted octanol–water partition coefficient (Wildman–Crippen LogP) is 5.21. The van der Waals surface area contributed by atoms with E-state index in [0.29, 0.717) is 16.7 Å². The molecule has 2 unspecified atom stereocenters. The van der Waals surface area contributed by atoms with Gasteiger partial charge in [0.05, 0.1) is 17.0 Å². The second-order valence-corrected chi connectivity index (χ2v) is 8.87. The highest BCUT2D eigenvalue weighted by molar-refractivity contribution is 6.10. The molecule has 1 aliphatic rings. The molecule has 0 bridgehead atoms. The summed E-state index contributed by atoms with van der Waals surface area (Å²) in [5.41, 5.74) is 1.43. The van der Waals surface area contributed by atoms with Gasteiger partial charge in [-0.3, -0.25) is 9.59 Å². The molecule has 0 aliphatic carbocycles. The lowest BCUT2D eigenvalue weighted by Gasteiger charge is -2.19. The van der Waals surface area contributed by atoms with Gasteiger partial charge in [-0.25, -0.2) is 0 Å². The summed E-state index contributed by atoms with van der Waals surface area (Å²) in [4.78, 5) is 26.8. The lowest BCUT2D eigenvalue weighted by atomic mass is 9.83. The first kappa shape index (κ1) is 24.5. The second-order valence-electron chi connectivity index (χ2n) is 8.87. The van der Waals surface area contributed by atoms with Crippen LogP contribution in [0, 0.1) is 0 Å². The summed E-state index contributed by atoms with van der Waals surface area (Å²) in [6.07, 6.45) is 1.91. The first-order valence-electron chi connectivity index (χ1n) is 11.6. The minimum absolute atomic E-state index is 0.0225. The number of carbonyl (C=O) groups is 2. The van der Waals surface area contributed by atoms with E-state index in [4.69, 9.17) is 4.74 Å². The summed E-state index contributed by atoms with van der Waals surface area (Å²) < 4.78 is 6.06. The Morgan fingerprint density at radius 1 is 0.684 bits per heavy atom. The quantitative estimate of drug-likeness (QED) is 0.176. The van der Waals surface area contributed by atoms with Gasteiger partial charge in [0.2, 0.25) is 0 Å². The number of carbonyl (C=O) groups excluding carboxylic acids is 2. The van der Waals surface area contributed by atoms with Crippen molar-refractivity contribution in [1.29, 1.82) is 0 Å². The summed E-state index contributed by atoms with van der Waals surface area (Å²) in [6.45, 7) is 0. The van der Waals surface area contributed by atoms with E-state index in [9.17, 15) is 35.1 Å². The molecule has 4 aromatic carbocycles. The number of fused-ring (bicyclic) bond motifs is 1. The predicted molar refractivity (Wildman–Crippen MR) is 138 cm³/mol. The first-order chi connectivity index (χ1) is 18.2. The third-order valence-corrected chi connectivity index (χ3v) is 6.36. The van der Waals surface area contributed by atoms with Crippen LogP contribution in [0.5, 0.6) is 34.5 Å². The van der Waals surface area contributed by atoms with Crippen molar-refractivity contribution >= 4 is 17.6 Å². The monoisotopic (exact) mass is 510 g/mol. The van der Waals surface area contributed by atoms with Crippen LogP contribution >= 0.6 is 0 Å². The number of hydrogen-bond acceptors (Lipinski definition) is 8. The van der Waals surface area contributed by atoms with Gasteiger partial charge in [0, 0.05) is 17.7 Å². The molecule has 190 valence electrons. The molecule has 5 N–H and O–H groups in total. The molecule has 1 aliphatic heterocycles. The Bertz CT molecular complexity index is 1570. The maximum Gasteiger partial charge on any atom is 0.189 e. The van der Waals surface area contributed by atoms with Gasteiger partial charge in [-0.2, -0.15) is 0 Å². The van der Waals surface area contributed by atoms with Gasteiger partial charge < -0.3 is 30.3 Å². The normalized spacial score (nSPS) is 16.2. The zero-order valence-electron chi connectivity index (χ0n) is 19.8. The smallest absolute Gasteiger partial charge is 0.189 e. The fourth-order valence-corrected chi connectivity index (χ4v) is 4.44. The number of hydrogen-bond donors (Lipinski definition) is 5. The fourth-order valence-electron chi connectivity index (χ4n) is 4.44. The number of phenolic OH excluding ortho intramolecular Hbond substituents is 5. The van der Waals surface area contributed by atoms with E-state index in [1.54, 1.807) is 24.3 Å². The summed E-state index contributed by atoms with van der Waals surface area (Å²) in [5, 5.41) is 49.8. The van der Waals surface area contributed by atoms with Crippen LogP contribution < -0.4 is 4.74 Å². The molecule has 2 atom stereocenters. The molecule has 0 amide bonds. The highest BCUT2D eigenvalue weighted by Crippen LogP contribution is 2.50. The Labute approximate surface area is 217 Å². The van der Waals surface area contributed by atoms with Crippen LogP contribution in [-0.2, 0) is 0 Å². The van der Waals surface area contributed by atoms with Gasteiger partial charge in [0.25, 0.3) is 0 Å². The Balaban J connectivity index is 1.57. The SMILES string of the molecule is O=C(C=Cc1ccc(O)cc1)c1cc2c(cc1O)OC(c1ccc(O)cc1)C2C(=O)c1ccc(O)cc1O. The average Bonchev–Trinajstić information content (AvgIpc) is 3.26. The molecule has 0 fully saturated rings. The van der Waals surface area contributed by atoms with Gasteiger partial charge in [-0.05, 0) is 59.7 Å². The molecule has 4 aromatic rings. The Kier molecular flexibility index (Phi) is 6.22. The molecular formula is C30H22O8. The van der Waals surface area contributed by atoms with Crippen LogP contribution in [0.15, 0.2) is 84.9 Å². The standard InChI is InChI=1S/C30H22O8/c31-18-6-1-16(2-7-18)3-12-24(34)22-14-23-27(15-26(22)36)38-30(17-4-8-19(32)9-5-17)28(23)29(37)21-11-10-20(33)13-25(21)35/h1-15,28,30-33,35-36H. The number of ether oxygens (including phenoxy) is 1. The number of Topliss-reactive ketones (excluding diaryl/α,β-unsaturated/α-hetero) is 1. The molecule has 0 aromatic heterocycles. The minimum Gasteiger partial charge on any atom is -0.508 e. The Hall–Kier alpha value is -5.24. The summed E-state index contributed by atoms with van der Waals surface area (Å²) >= 11 is 0. The number of ketones is 2. The van der Waals surface area contributed by atoms with E-state index < -0.39 is 29.3 Å². The van der Waals surface area contributed by atoms with E-state index in [1.165, 1.54) is 60.7 Å². The van der Waals surface area contributed by atoms with Crippen molar-refractivity contribution in [3.8, 4) is 34.5 Å². The van der Waals surface area contributed by atoms with Gasteiger partial charge in [0.1, 0.15) is 40.6 Å². The average molecular weight is 510 g/mol. The van der Waals surface area contributed by atoms with Gasteiger partial charge in [-0.1, -0.05) is 30.3 Å². The minimum atomic E-state index is -1.02. The van der Waals surface area contributed by atoms with Gasteiger partial charge in [0.15, 0.2) is 11.6 Å². The van der Waals surface area contributed by atoms with Gasteiger partial charge >= 0.3 is 0 Å².